The van der Waals surface area contributed by atoms with Crippen molar-refractivity contribution in [3.05, 3.63) is 23.8 Å². The van der Waals surface area contributed by atoms with Gasteiger partial charge in [0.2, 0.25) is 0 Å². The molecule has 0 aliphatic heterocycles. The van der Waals surface area contributed by atoms with Crippen molar-refractivity contribution in [1.29, 1.82) is 0 Å². The molecule has 0 spiro atoms. The third kappa shape index (κ3) is 5.76. The van der Waals surface area contributed by atoms with E-state index in [0.717, 1.165) is 29.2 Å². The fourth-order valence-corrected chi connectivity index (χ4v) is 2.70. The summed E-state index contributed by atoms with van der Waals surface area (Å²) in [4.78, 5) is 0.739. The first-order valence-electron chi connectivity index (χ1n) is 6.54. The predicted molar refractivity (Wildman–Crippen MR) is 75.3 cm³/mol. The van der Waals surface area contributed by atoms with Crippen molar-refractivity contribution < 1.29 is 13.2 Å². The predicted octanol–water partition coefficient (Wildman–Crippen LogP) is 5.35. The quantitative estimate of drug-likeness (QED) is 0.416. The maximum absolute atomic E-state index is 12.5. The van der Waals surface area contributed by atoms with E-state index in [1.165, 1.54) is 43.5 Å². The van der Waals surface area contributed by atoms with Crippen molar-refractivity contribution in [2.75, 3.05) is 11.5 Å². The highest BCUT2D eigenvalue weighted by Gasteiger charge is 2.30. The SMILES string of the molecule is CCCCCCCSc1ccc(C(F)(F)F)cc1N. The molecule has 0 aromatic heterocycles. The smallest absolute Gasteiger partial charge is 0.398 e. The summed E-state index contributed by atoms with van der Waals surface area (Å²) in [5.74, 6) is 0.902. The van der Waals surface area contributed by atoms with Crippen LogP contribution in [0.2, 0.25) is 0 Å². The van der Waals surface area contributed by atoms with E-state index in [2.05, 4.69) is 6.92 Å². The molecule has 1 aromatic rings. The van der Waals surface area contributed by atoms with E-state index in [4.69, 9.17) is 5.73 Å². The monoisotopic (exact) mass is 291 g/mol. The maximum Gasteiger partial charge on any atom is 0.416 e. The molecule has 5 heteroatoms. The number of thioether (sulfide) groups is 1. The molecule has 19 heavy (non-hydrogen) atoms. The molecule has 0 amide bonds. The Morgan fingerprint density at radius 3 is 2.37 bits per heavy atom. The molecule has 0 saturated carbocycles. The van der Waals surface area contributed by atoms with Crippen molar-refractivity contribution in [1.82, 2.24) is 0 Å². The van der Waals surface area contributed by atoms with Gasteiger partial charge in [0.1, 0.15) is 0 Å². The third-order valence-corrected chi connectivity index (χ3v) is 4.02. The van der Waals surface area contributed by atoms with Crippen LogP contribution in [0.3, 0.4) is 0 Å². The van der Waals surface area contributed by atoms with Crippen molar-refractivity contribution in [3.8, 4) is 0 Å². The topological polar surface area (TPSA) is 26.0 Å². The van der Waals surface area contributed by atoms with E-state index >= 15 is 0 Å². The number of hydrogen-bond acceptors (Lipinski definition) is 2. The summed E-state index contributed by atoms with van der Waals surface area (Å²) in [6.07, 6.45) is 1.59. The second-order valence-corrected chi connectivity index (χ2v) is 5.65. The lowest BCUT2D eigenvalue weighted by atomic mass is 10.2. The molecule has 1 aromatic carbocycles. The number of anilines is 1. The number of halogens is 3. The van der Waals surface area contributed by atoms with Gasteiger partial charge in [-0.25, -0.2) is 0 Å². The summed E-state index contributed by atoms with van der Waals surface area (Å²) in [6.45, 7) is 2.16. The molecule has 2 N–H and O–H groups in total. The number of hydrogen-bond donors (Lipinski definition) is 1. The van der Waals surface area contributed by atoms with Gasteiger partial charge in [-0.15, -0.1) is 11.8 Å². The Kier molecular flexibility index (Phi) is 6.55. The van der Waals surface area contributed by atoms with Crippen molar-refractivity contribution >= 4 is 17.4 Å². The van der Waals surface area contributed by atoms with Crippen molar-refractivity contribution in [2.24, 2.45) is 0 Å². The Morgan fingerprint density at radius 1 is 1.11 bits per heavy atom. The molecule has 0 aliphatic carbocycles. The highest BCUT2D eigenvalue weighted by molar-refractivity contribution is 7.99. The Balaban J connectivity index is 2.43. The van der Waals surface area contributed by atoms with Crippen LogP contribution < -0.4 is 5.73 Å². The number of benzene rings is 1. The highest BCUT2D eigenvalue weighted by atomic mass is 32.2. The molecule has 0 unspecified atom stereocenters. The van der Waals surface area contributed by atoms with Crippen LogP contribution in [-0.2, 0) is 6.18 Å². The van der Waals surface area contributed by atoms with Gasteiger partial charge in [-0.2, -0.15) is 13.2 Å². The maximum atomic E-state index is 12.5. The van der Waals surface area contributed by atoms with Crippen molar-refractivity contribution in [2.45, 2.75) is 50.1 Å². The molecule has 0 aliphatic rings. The molecule has 1 rings (SSSR count). The second kappa shape index (κ2) is 7.68. The zero-order valence-corrected chi connectivity index (χ0v) is 11.9. The first kappa shape index (κ1) is 16.2. The van der Waals surface area contributed by atoms with Gasteiger partial charge < -0.3 is 5.73 Å². The molecular weight excluding hydrogens is 271 g/mol. The Labute approximate surface area is 116 Å². The van der Waals surface area contributed by atoms with Gasteiger partial charge in [0.15, 0.2) is 0 Å². The number of nitrogen functional groups attached to an aromatic ring is 1. The summed E-state index contributed by atoms with van der Waals surface area (Å²) in [7, 11) is 0. The number of unbranched alkanes of at least 4 members (excludes halogenated alkanes) is 4. The van der Waals surface area contributed by atoms with Crippen LogP contribution in [0.5, 0.6) is 0 Å². The molecule has 0 fully saturated rings. The summed E-state index contributed by atoms with van der Waals surface area (Å²) >= 11 is 1.53. The third-order valence-electron chi connectivity index (χ3n) is 2.84. The lowest BCUT2D eigenvalue weighted by molar-refractivity contribution is -0.137. The zero-order chi connectivity index (χ0) is 14.3. The summed E-state index contributed by atoms with van der Waals surface area (Å²) in [5, 5.41) is 0. The lowest BCUT2D eigenvalue weighted by Crippen LogP contribution is -2.05. The number of nitrogens with two attached hydrogens (primary N) is 1. The first-order valence-corrected chi connectivity index (χ1v) is 7.53. The highest BCUT2D eigenvalue weighted by Crippen LogP contribution is 2.34. The standard InChI is InChI=1S/C14H20F3NS/c1-2-3-4-5-6-9-19-13-8-7-11(10-12(13)18)14(15,16)17/h7-8,10H,2-6,9,18H2,1H3. The summed E-state index contributed by atoms with van der Waals surface area (Å²) in [5.41, 5.74) is 5.19. The lowest BCUT2D eigenvalue weighted by Gasteiger charge is -2.10. The van der Waals surface area contributed by atoms with Crippen LogP contribution >= 0.6 is 11.8 Å². The molecule has 0 heterocycles. The molecule has 0 atom stereocenters. The zero-order valence-electron chi connectivity index (χ0n) is 11.1. The van der Waals surface area contributed by atoms with E-state index in [9.17, 15) is 13.2 Å². The van der Waals surface area contributed by atoms with Crippen LogP contribution in [0.15, 0.2) is 23.1 Å². The van der Waals surface area contributed by atoms with E-state index in [1.54, 1.807) is 0 Å². The molecular formula is C14H20F3NS. The van der Waals surface area contributed by atoms with E-state index in [0.29, 0.717) is 0 Å². The number of rotatable bonds is 7. The second-order valence-electron chi connectivity index (χ2n) is 4.51. The fraction of sp³-hybridized carbons (Fsp3) is 0.571. The fourth-order valence-electron chi connectivity index (χ4n) is 1.74. The Bertz CT molecular complexity index is 391. The molecule has 0 bridgehead atoms. The van der Waals surface area contributed by atoms with Gasteiger partial charge in [0, 0.05) is 10.6 Å². The van der Waals surface area contributed by atoms with Crippen LogP contribution in [0.4, 0.5) is 18.9 Å². The summed E-state index contributed by atoms with van der Waals surface area (Å²) in [6, 6.07) is 3.57. The van der Waals surface area contributed by atoms with E-state index < -0.39 is 11.7 Å². The van der Waals surface area contributed by atoms with Crippen LogP contribution in [0.1, 0.15) is 44.6 Å². The van der Waals surface area contributed by atoms with Gasteiger partial charge >= 0.3 is 6.18 Å². The van der Waals surface area contributed by atoms with Gasteiger partial charge in [-0.1, -0.05) is 32.6 Å². The Morgan fingerprint density at radius 2 is 1.79 bits per heavy atom. The molecule has 0 radical (unpaired) electrons. The van der Waals surface area contributed by atoms with Gasteiger partial charge in [0.05, 0.1) is 5.56 Å². The molecule has 0 saturated heterocycles. The average molecular weight is 291 g/mol. The van der Waals surface area contributed by atoms with Crippen LogP contribution in [0.25, 0.3) is 0 Å². The Hall–Kier alpha value is -0.840. The normalized spacial score (nSPS) is 11.8. The van der Waals surface area contributed by atoms with E-state index in [1.807, 2.05) is 0 Å². The first-order chi connectivity index (χ1) is 8.95. The van der Waals surface area contributed by atoms with Gasteiger partial charge in [-0.3, -0.25) is 0 Å². The summed E-state index contributed by atoms with van der Waals surface area (Å²) < 4.78 is 37.4. The van der Waals surface area contributed by atoms with E-state index in [-0.39, 0.29) is 5.69 Å². The van der Waals surface area contributed by atoms with Crippen LogP contribution in [0, 0.1) is 0 Å². The minimum absolute atomic E-state index is 0.216. The van der Waals surface area contributed by atoms with Gasteiger partial charge in [-0.05, 0) is 30.4 Å². The van der Waals surface area contributed by atoms with Crippen molar-refractivity contribution in [3.63, 3.8) is 0 Å². The minimum Gasteiger partial charge on any atom is -0.398 e. The molecule has 108 valence electrons. The average Bonchev–Trinajstić information content (AvgIpc) is 2.34. The molecule has 1 nitrogen and oxygen atoms in total. The minimum atomic E-state index is -4.32. The van der Waals surface area contributed by atoms with Gasteiger partial charge in [0.25, 0.3) is 0 Å². The number of alkyl halides is 3. The van der Waals surface area contributed by atoms with Crippen LogP contribution in [-0.4, -0.2) is 5.75 Å². The largest absolute Gasteiger partial charge is 0.416 e.